The van der Waals surface area contributed by atoms with E-state index in [0.717, 1.165) is 0 Å². The van der Waals surface area contributed by atoms with Gasteiger partial charge < -0.3 is 14.8 Å². The van der Waals surface area contributed by atoms with Crippen LogP contribution in [0.4, 0.5) is 13.2 Å². The maximum Gasteiger partial charge on any atom is 0.450 e. The van der Waals surface area contributed by atoms with Crippen molar-refractivity contribution in [3.63, 3.8) is 0 Å². The minimum atomic E-state index is -5.08. The Morgan fingerprint density at radius 1 is 1.06 bits per heavy atom. The van der Waals surface area contributed by atoms with Gasteiger partial charge in [-0.3, -0.25) is 14.4 Å². The number of carbonyl (C=O) groups excluding carboxylic acids is 3. The van der Waals surface area contributed by atoms with E-state index in [1.165, 1.54) is 57.4 Å². The third-order valence-corrected chi connectivity index (χ3v) is 5.25. The zero-order chi connectivity index (χ0) is 26.2. The molecule has 7 nitrogen and oxygen atoms in total. The number of hydrogen-bond acceptors (Lipinski definition) is 6. The van der Waals surface area contributed by atoms with Gasteiger partial charge >= 0.3 is 6.18 Å². The fraction of sp³-hybridized carbons (Fsp3) is 0.360. The highest BCUT2D eigenvalue weighted by Gasteiger charge is 2.45. The second kappa shape index (κ2) is 12.0. The largest absolute Gasteiger partial charge is 0.497 e. The summed E-state index contributed by atoms with van der Waals surface area (Å²) < 4.78 is 49.6. The Balaban J connectivity index is 2.23. The predicted molar refractivity (Wildman–Crippen MR) is 120 cm³/mol. The van der Waals surface area contributed by atoms with E-state index in [1.807, 2.05) is 6.07 Å². The van der Waals surface area contributed by atoms with Crippen LogP contribution in [0.25, 0.3) is 0 Å². The van der Waals surface area contributed by atoms with E-state index in [4.69, 9.17) is 14.7 Å². The lowest BCUT2D eigenvalue weighted by Gasteiger charge is -2.24. The molecular weight excluding hydrogens is 465 g/mol. The molecule has 0 fully saturated rings. The van der Waals surface area contributed by atoms with E-state index < -0.39 is 54.6 Å². The number of alkyl halides is 3. The maximum atomic E-state index is 13.1. The number of ketones is 2. The number of nitrogens with zero attached hydrogens (tertiary/aromatic N) is 1. The number of hydrogen-bond donors (Lipinski definition) is 1. The first-order chi connectivity index (χ1) is 16.5. The minimum Gasteiger partial charge on any atom is -0.497 e. The molecule has 0 aromatic heterocycles. The molecule has 0 spiro atoms. The van der Waals surface area contributed by atoms with Crippen molar-refractivity contribution < 1.29 is 37.0 Å². The van der Waals surface area contributed by atoms with Crippen molar-refractivity contribution in [2.24, 2.45) is 11.8 Å². The lowest BCUT2D eigenvalue weighted by Crippen LogP contribution is -2.40. The summed E-state index contributed by atoms with van der Waals surface area (Å²) in [4.78, 5) is 37.6. The number of amides is 1. The van der Waals surface area contributed by atoms with E-state index in [1.54, 1.807) is 12.1 Å². The summed E-state index contributed by atoms with van der Waals surface area (Å²) in [5.74, 6) is -5.08. The molecule has 0 radical (unpaired) electrons. The Morgan fingerprint density at radius 2 is 1.71 bits per heavy atom. The first kappa shape index (κ1) is 27.4. The van der Waals surface area contributed by atoms with E-state index in [-0.39, 0.29) is 5.75 Å². The highest BCUT2D eigenvalue weighted by atomic mass is 19.4. The SMILES string of the molecule is COc1ccc([C@H](NC(=O)COc2cccc(C#N)c2)C(=O)C[C@H](C(=O)C(F)(F)F)C(C)C)cc1. The molecule has 2 rings (SSSR count). The van der Waals surface area contributed by atoms with Crippen LogP contribution in [0.2, 0.25) is 0 Å². The van der Waals surface area contributed by atoms with Crippen molar-refractivity contribution in [1.82, 2.24) is 5.32 Å². The van der Waals surface area contributed by atoms with Gasteiger partial charge in [0.2, 0.25) is 5.78 Å². The molecule has 0 heterocycles. The second-order valence-corrected chi connectivity index (χ2v) is 8.08. The van der Waals surface area contributed by atoms with Crippen LogP contribution >= 0.6 is 0 Å². The molecule has 2 atom stereocenters. The normalized spacial score (nSPS) is 12.9. The molecule has 1 amide bonds. The van der Waals surface area contributed by atoms with Crippen molar-refractivity contribution in [1.29, 1.82) is 5.26 Å². The number of nitriles is 1. The first-order valence-electron chi connectivity index (χ1n) is 10.7. The summed E-state index contributed by atoms with van der Waals surface area (Å²) in [7, 11) is 1.44. The van der Waals surface area contributed by atoms with Crippen LogP contribution < -0.4 is 14.8 Å². The van der Waals surface area contributed by atoms with Crippen molar-refractivity contribution in [2.45, 2.75) is 32.5 Å². The summed E-state index contributed by atoms with van der Waals surface area (Å²) in [5.41, 5.74) is 0.626. The summed E-state index contributed by atoms with van der Waals surface area (Å²) in [6.07, 6.45) is -5.79. The van der Waals surface area contributed by atoms with E-state index in [2.05, 4.69) is 5.32 Å². The summed E-state index contributed by atoms with van der Waals surface area (Å²) in [6, 6.07) is 12.8. The molecule has 0 aliphatic heterocycles. The minimum absolute atomic E-state index is 0.252. The average molecular weight is 490 g/mol. The number of methoxy groups -OCH3 is 1. The van der Waals surface area contributed by atoms with Gasteiger partial charge in [-0.25, -0.2) is 0 Å². The summed E-state index contributed by atoms with van der Waals surface area (Å²) in [6.45, 7) is 2.33. The van der Waals surface area contributed by atoms with Gasteiger partial charge in [0, 0.05) is 12.3 Å². The van der Waals surface area contributed by atoms with Gasteiger partial charge in [0.05, 0.1) is 18.7 Å². The van der Waals surface area contributed by atoms with E-state index in [0.29, 0.717) is 16.9 Å². The van der Waals surface area contributed by atoms with Crippen LogP contribution in [0.1, 0.15) is 37.4 Å². The molecular formula is C25H25F3N2O5. The van der Waals surface area contributed by atoms with Gasteiger partial charge in [-0.2, -0.15) is 18.4 Å². The number of Topliss-reactive ketones (excluding diaryl/α,β-unsaturated/α-hetero) is 2. The molecule has 0 bridgehead atoms. The van der Waals surface area contributed by atoms with Crippen LogP contribution in [0.3, 0.4) is 0 Å². The van der Waals surface area contributed by atoms with Crippen LogP contribution in [0.5, 0.6) is 11.5 Å². The molecule has 35 heavy (non-hydrogen) atoms. The van der Waals surface area contributed by atoms with Crippen molar-refractivity contribution >= 4 is 17.5 Å². The van der Waals surface area contributed by atoms with Crippen LogP contribution in [0, 0.1) is 23.2 Å². The molecule has 2 aromatic carbocycles. The summed E-state index contributed by atoms with van der Waals surface area (Å²) in [5, 5.41) is 11.4. The van der Waals surface area contributed by atoms with Gasteiger partial charge in [0.15, 0.2) is 12.4 Å². The number of nitrogens with one attached hydrogen (secondary N) is 1. The van der Waals surface area contributed by atoms with Crippen LogP contribution in [-0.4, -0.2) is 37.4 Å². The zero-order valence-electron chi connectivity index (χ0n) is 19.4. The van der Waals surface area contributed by atoms with Crippen molar-refractivity contribution in [3.8, 4) is 17.6 Å². The smallest absolute Gasteiger partial charge is 0.450 e. The summed E-state index contributed by atoms with van der Waals surface area (Å²) >= 11 is 0. The van der Waals surface area contributed by atoms with Gasteiger partial charge in [0.25, 0.3) is 5.91 Å². The predicted octanol–water partition coefficient (Wildman–Crippen LogP) is 4.17. The third-order valence-electron chi connectivity index (χ3n) is 5.25. The lowest BCUT2D eigenvalue weighted by molar-refractivity contribution is -0.177. The topological polar surface area (TPSA) is 105 Å². The highest BCUT2D eigenvalue weighted by Crippen LogP contribution is 2.30. The number of benzene rings is 2. The Hall–Kier alpha value is -3.87. The number of ether oxygens (including phenoxy) is 2. The van der Waals surface area contributed by atoms with E-state index >= 15 is 0 Å². The number of carbonyl (C=O) groups is 3. The first-order valence-corrected chi connectivity index (χ1v) is 10.7. The molecule has 1 N–H and O–H groups in total. The molecule has 0 saturated carbocycles. The Morgan fingerprint density at radius 3 is 2.26 bits per heavy atom. The fourth-order valence-electron chi connectivity index (χ4n) is 3.33. The monoisotopic (exact) mass is 490 g/mol. The Bertz CT molecular complexity index is 1090. The Kier molecular flexibility index (Phi) is 9.40. The van der Waals surface area contributed by atoms with Crippen LogP contribution in [0.15, 0.2) is 48.5 Å². The number of halogens is 3. The van der Waals surface area contributed by atoms with Crippen molar-refractivity contribution in [2.75, 3.05) is 13.7 Å². The average Bonchev–Trinajstić information content (AvgIpc) is 2.83. The fourth-order valence-corrected chi connectivity index (χ4v) is 3.33. The number of rotatable bonds is 11. The molecule has 0 aliphatic carbocycles. The quantitative estimate of drug-likeness (QED) is 0.507. The molecule has 186 valence electrons. The van der Waals surface area contributed by atoms with Crippen molar-refractivity contribution in [3.05, 3.63) is 59.7 Å². The Labute approximate surface area is 200 Å². The van der Waals surface area contributed by atoms with E-state index in [9.17, 15) is 27.6 Å². The van der Waals surface area contributed by atoms with Gasteiger partial charge in [-0.05, 0) is 41.8 Å². The van der Waals surface area contributed by atoms with Gasteiger partial charge in [0.1, 0.15) is 17.5 Å². The standard InChI is InChI=1S/C25H25F3N2O5/c1-15(2)20(24(33)25(26,27)28)12-21(31)23(17-7-9-18(34-3)10-8-17)30-22(32)14-35-19-6-4-5-16(11-19)13-29/h4-11,15,20,23H,12,14H2,1-3H3,(H,30,32)/t20-,23-/m0/s1. The molecule has 0 unspecified atom stereocenters. The zero-order valence-corrected chi connectivity index (χ0v) is 19.4. The van der Waals surface area contributed by atoms with Crippen LogP contribution in [-0.2, 0) is 14.4 Å². The maximum absolute atomic E-state index is 13.1. The van der Waals surface area contributed by atoms with Gasteiger partial charge in [-0.15, -0.1) is 0 Å². The lowest BCUT2D eigenvalue weighted by atomic mass is 9.84. The molecule has 10 heteroatoms. The second-order valence-electron chi connectivity index (χ2n) is 8.08. The van der Waals surface area contributed by atoms with Gasteiger partial charge in [-0.1, -0.05) is 32.0 Å². The molecule has 2 aromatic rings. The third kappa shape index (κ3) is 7.84. The highest BCUT2D eigenvalue weighted by molar-refractivity contribution is 5.95. The molecule has 0 saturated heterocycles. The molecule has 0 aliphatic rings.